The Hall–Kier alpha value is -4.13. The number of hydrogen-bond acceptors (Lipinski definition) is 8. The highest BCUT2D eigenvalue weighted by atomic mass is 19.3. The molecule has 0 aliphatic heterocycles. The highest BCUT2D eigenvalue weighted by Gasteiger charge is 2.50. The molecule has 0 saturated carbocycles. The summed E-state index contributed by atoms with van der Waals surface area (Å²) in [5.74, 6) is -7.67. The molecule has 0 aromatic heterocycles. The van der Waals surface area contributed by atoms with E-state index in [1.54, 1.807) is 24.3 Å². The number of benzene rings is 2. The molecule has 0 radical (unpaired) electrons. The fourth-order valence-corrected chi connectivity index (χ4v) is 3.19. The van der Waals surface area contributed by atoms with Crippen molar-refractivity contribution in [1.82, 2.24) is 5.32 Å². The molecule has 1 amide bonds. The van der Waals surface area contributed by atoms with Gasteiger partial charge in [0.05, 0.1) is 11.0 Å². The van der Waals surface area contributed by atoms with E-state index < -0.39 is 41.0 Å². The Kier molecular flexibility index (Phi) is 10.9. The third-order valence-electron chi connectivity index (χ3n) is 5.25. The van der Waals surface area contributed by atoms with Crippen molar-refractivity contribution in [3.8, 4) is 0 Å². The first-order valence-corrected chi connectivity index (χ1v) is 11.2. The van der Waals surface area contributed by atoms with E-state index in [1.165, 1.54) is 24.3 Å². The van der Waals surface area contributed by atoms with Crippen molar-refractivity contribution in [2.24, 2.45) is 0 Å². The monoisotopic (exact) mass is 524 g/mol. The van der Waals surface area contributed by atoms with Crippen LogP contribution in [0.3, 0.4) is 0 Å². The number of unbranched alkanes of at least 4 members (excludes halogenated alkanes) is 1. The van der Waals surface area contributed by atoms with Crippen molar-refractivity contribution in [2.45, 2.75) is 57.0 Å². The molecule has 0 fully saturated rings. The summed E-state index contributed by atoms with van der Waals surface area (Å²) in [7, 11) is 0. The number of alkyl halides is 2. The van der Waals surface area contributed by atoms with E-state index >= 15 is 0 Å². The number of nitrogens with one attached hydrogen (secondary N) is 1. The summed E-state index contributed by atoms with van der Waals surface area (Å²) in [6.45, 7) is -0.302. The molecule has 11 nitrogen and oxygen atoms in total. The third-order valence-corrected chi connectivity index (χ3v) is 5.25. The van der Waals surface area contributed by atoms with Gasteiger partial charge in [-0.2, -0.15) is 8.78 Å². The van der Waals surface area contributed by atoms with Crippen molar-refractivity contribution in [1.29, 1.82) is 0 Å². The number of non-ortho nitro benzene ring substituents is 1. The summed E-state index contributed by atoms with van der Waals surface area (Å²) in [5.41, 5.74) is 0.963. The topological polar surface area (TPSA) is 165 Å². The molecule has 37 heavy (non-hydrogen) atoms. The second-order valence-electron chi connectivity index (χ2n) is 8.02. The van der Waals surface area contributed by atoms with Crippen LogP contribution in [0, 0.1) is 10.1 Å². The predicted octanol–water partition coefficient (Wildman–Crippen LogP) is 3.57. The first-order chi connectivity index (χ1) is 17.5. The number of nitrogens with zero attached hydrogens (tertiary/aromatic N) is 1. The number of carbonyl (C=O) groups is 3. The molecule has 13 heteroatoms. The highest BCUT2D eigenvalue weighted by Crippen LogP contribution is 2.24. The van der Waals surface area contributed by atoms with Crippen LogP contribution in [0.5, 0.6) is 0 Å². The molecular weight excluding hydrogens is 498 g/mol. The lowest BCUT2D eigenvalue weighted by molar-refractivity contribution is -0.384. The number of carboxylic acids is 1. The van der Waals surface area contributed by atoms with Gasteiger partial charge in [0, 0.05) is 18.6 Å². The van der Waals surface area contributed by atoms with Gasteiger partial charge in [-0.15, -0.1) is 0 Å². The van der Waals surface area contributed by atoms with Gasteiger partial charge in [-0.3, -0.25) is 14.9 Å². The Morgan fingerprint density at radius 2 is 1.57 bits per heavy atom. The number of amides is 1. The Labute approximate surface area is 210 Å². The fourth-order valence-electron chi connectivity index (χ4n) is 3.19. The number of carboxylic acid groups (broad SMARTS) is 1. The zero-order chi connectivity index (χ0) is 27.4. The van der Waals surface area contributed by atoms with Crippen molar-refractivity contribution in [3.05, 3.63) is 75.8 Å². The lowest BCUT2D eigenvalue weighted by atomic mass is 9.98. The van der Waals surface area contributed by atoms with E-state index in [4.69, 9.17) is 14.6 Å². The number of aliphatic hydroxyl groups is 1. The zero-order valence-electron chi connectivity index (χ0n) is 19.5. The van der Waals surface area contributed by atoms with E-state index in [2.05, 4.69) is 0 Å². The number of alkyl carbamates (subject to hydrolysis) is 1. The molecule has 0 heterocycles. The van der Waals surface area contributed by atoms with Crippen molar-refractivity contribution in [3.63, 3.8) is 0 Å². The second kappa shape index (κ2) is 13.8. The van der Waals surface area contributed by atoms with Crippen LogP contribution in [-0.2, 0) is 32.3 Å². The minimum absolute atomic E-state index is 0.0600. The van der Waals surface area contributed by atoms with Gasteiger partial charge in [-0.1, -0.05) is 36.8 Å². The maximum atomic E-state index is 13.9. The van der Waals surface area contributed by atoms with Crippen LogP contribution in [-0.4, -0.2) is 51.2 Å². The maximum Gasteiger partial charge on any atom is 0.407 e. The molecule has 0 aliphatic rings. The molecular formula is C24H26F2N2O9. The average Bonchev–Trinajstić information content (AvgIpc) is 2.88. The molecule has 3 N–H and O–H groups in total. The zero-order valence-corrected chi connectivity index (χ0v) is 19.5. The molecule has 2 aromatic carbocycles. The lowest BCUT2D eigenvalue weighted by Gasteiger charge is -2.27. The molecule has 2 rings (SSSR count). The molecule has 0 bridgehead atoms. The molecule has 2 unspecified atom stereocenters. The number of carbonyl (C=O) groups excluding carboxylic acids is 2. The van der Waals surface area contributed by atoms with Crippen molar-refractivity contribution < 1.29 is 47.8 Å². The Bertz CT molecular complexity index is 1070. The molecule has 200 valence electrons. The first-order valence-electron chi connectivity index (χ1n) is 11.2. The molecule has 0 spiro atoms. The highest BCUT2D eigenvalue weighted by molar-refractivity contribution is 5.76. The van der Waals surface area contributed by atoms with E-state index in [9.17, 15) is 38.4 Å². The molecule has 0 aliphatic carbocycles. The van der Waals surface area contributed by atoms with Crippen LogP contribution in [0.25, 0.3) is 0 Å². The van der Waals surface area contributed by atoms with Gasteiger partial charge in [-0.25, -0.2) is 9.59 Å². The molecule has 0 saturated heterocycles. The summed E-state index contributed by atoms with van der Waals surface area (Å²) in [4.78, 5) is 45.0. The number of aliphatic carboxylic acids is 1. The van der Waals surface area contributed by atoms with Crippen LogP contribution in [0.4, 0.5) is 19.3 Å². The van der Waals surface area contributed by atoms with Crippen molar-refractivity contribution >= 4 is 23.7 Å². The summed E-state index contributed by atoms with van der Waals surface area (Å²) in [5, 5.41) is 31.4. The number of hydrogen-bond donors (Lipinski definition) is 3. The number of nitro benzene ring substituents is 1. The normalized spacial score (nSPS) is 12.7. The Morgan fingerprint density at radius 1 is 0.973 bits per heavy atom. The second-order valence-corrected chi connectivity index (χ2v) is 8.02. The standard InChI is InChI=1S/C24H26F2N2O9/c25-24(26,22(31)32)21(30)19(8-4-5-9-20(29)36-14-16-6-2-1-3-7-16)27-23(33)37-15-17-10-12-18(13-11-17)28(34)35/h1-3,6-7,10-13,19,21,30H,4-5,8-9,14-15H2,(H,27,33)(H,31,32). The smallest absolute Gasteiger partial charge is 0.407 e. The fraction of sp³-hybridized carbons (Fsp3) is 0.375. The Morgan fingerprint density at radius 3 is 2.16 bits per heavy atom. The van der Waals surface area contributed by atoms with E-state index in [1.807, 2.05) is 11.4 Å². The van der Waals surface area contributed by atoms with Crippen LogP contribution in [0.2, 0.25) is 0 Å². The average molecular weight is 524 g/mol. The summed E-state index contributed by atoms with van der Waals surface area (Å²) >= 11 is 0. The SMILES string of the molecule is O=C(CCCCC(NC(=O)OCc1ccc([N+](=O)[O-])cc1)C(O)C(F)(F)C(=O)O)OCc1ccccc1. The largest absolute Gasteiger partial charge is 0.477 e. The summed E-state index contributed by atoms with van der Waals surface area (Å²) < 4.78 is 37.9. The number of nitro groups is 1. The number of rotatable bonds is 14. The van der Waals surface area contributed by atoms with Crippen LogP contribution in [0.1, 0.15) is 36.8 Å². The van der Waals surface area contributed by atoms with Crippen LogP contribution < -0.4 is 5.32 Å². The van der Waals surface area contributed by atoms with Gasteiger partial charge in [0.1, 0.15) is 19.3 Å². The minimum Gasteiger partial charge on any atom is -0.477 e. The Balaban J connectivity index is 1.88. The lowest BCUT2D eigenvalue weighted by Crippen LogP contribution is -2.54. The predicted molar refractivity (Wildman–Crippen MR) is 124 cm³/mol. The molecule has 2 atom stereocenters. The first kappa shape index (κ1) is 29.1. The van der Waals surface area contributed by atoms with Crippen LogP contribution >= 0.6 is 0 Å². The number of esters is 1. The summed E-state index contributed by atoms with van der Waals surface area (Å²) in [6.07, 6.45) is -4.11. The molecule has 2 aromatic rings. The van der Waals surface area contributed by atoms with Crippen LogP contribution in [0.15, 0.2) is 54.6 Å². The van der Waals surface area contributed by atoms with E-state index in [0.717, 1.165) is 5.56 Å². The minimum atomic E-state index is -4.56. The van der Waals surface area contributed by atoms with E-state index in [0.29, 0.717) is 5.56 Å². The maximum absolute atomic E-state index is 13.9. The third kappa shape index (κ3) is 9.44. The van der Waals surface area contributed by atoms with Gasteiger partial charge < -0.3 is 25.0 Å². The van der Waals surface area contributed by atoms with Gasteiger partial charge >= 0.3 is 24.0 Å². The number of aliphatic hydroxyl groups excluding tert-OH is 1. The number of ether oxygens (including phenoxy) is 2. The summed E-state index contributed by atoms with van der Waals surface area (Å²) in [6, 6.07) is 12.2. The van der Waals surface area contributed by atoms with Gasteiger partial charge in [0.15, 0.2) is 0 Å². The van der Waals surface area contributed by atoms with Gasteiger partial charge in [0.25, 0.3) is 5.69 Å². The quantitative estimate of drug-likeness (QED) is 0.145. The van der Waals surface area contributed by atoms with Gasteiger partial charge in [-0.05, 0) is 36.1 Å². The van der Waals surface area contributed by atoms with E-state index in [-0.39, 0.29) is 44.6 Å². The number of halogens is 2. The van der Waals surface area contributed by atoms with Gasteiger partial charge in [0.2, 0.25) is 0 Å². The van der Waals surface area contributed by atoms with Crippen molar-refractivity contribution in [2.75, 3.05) is 0 Å².